The first-order valence-corrected chi connectivity index (χ1v) is 5.69. The van der Waals surface area contributed by atoms with Crippen molar-refractivity contribution in [1.82, 2.24) is 10.2 Å². The molecule has 1 fully saturated rings. The molecule has 3 nitrogen and oxygen atoms in total. The number of hydrogen-bond donors (Lipinski definition) is 1. The van der Waals surface area contributed by atoms with E-state index in [9.17, 15) is 4.79 Å². The number of carbonyl (C=O) groups excluding carboxylic acids is 1. The maximum absolute atomic E-state index is 11.6. The zero-order valence-corrected chi connectivity index (χ0v) is 9.86. The summed E-state index contributed by atoms with van der Waals surface area (Å²) in [6, 6.07) is 10.3. The maximum Gasteiger partial charge on any atom is 0.317 e. The molecule has 1 saturated heterocycles. The van der Waals surface area contributed by atoms with Gasteiger partial charge in [-0.1, -0.05) is 30.3 Å². The summed E-state index contributed by atoms with van der Waals surface area (Å²) >= 11 is 0. The monoisotopic (exact) mass is 218 g/mol. The van der Waals surface area contributed by atoms with Gasteiger partial charge in [-0.05, 0) is 25.8 Å². The molecular weight excluding hydrogens is 200 g/mol. The van der Waals surface area contributed by atoms with Crippen molar-refractivity contribution in [3.63, 3.8) is 0 Å². The van der Waals surface area contributed by atoms with Crippen molar-refractivity contribution in [1.29, 1.82) is 0 Å². The molecule has 1 N–H and O–H groups in total. The highest BCUT2D eigenvalue weighted by molar-refractivity contribution is 5.77. The van der Waals surface area contributed by atoms with Crippen molar-refractivity contribution >= 4 is 6.03 Å². The molecule has 1 aromatic rings. The smallest absolute Gasteiger partial charge is 0.317 e. The van der Waals surface area contributed by atoms with Crippen LogP contribution in [0.4, 0.5) is 4.79 Å². The SMILES string of the molecule is CC1(C)CNC(=O)N1CCc1ccccc1. The third-order valence-electron chi connectivity index (χ3n) is 3.11. The first-order chi connectivity index (χ1) is 7.59. The molecule has 3 heteroatoms. The first kappa shape index (κ1) is 11.0. The number of nitrogens with zero attached hydrogens (tertiary/aromatic N) is 1. The minimum atomic E-state index is -0.0636. The van der Waals surface area contributed by atoms with Crippen LogP contribution in [0.5, 0.6) is 0 Å². The number of hydrogen-bond acceptors (Lipinski definition) is 1. The van der Waals surface area contributed by atoms with Crippen LogP contribution in [0.15, 0.2) is 30.3 Å². The van der Waals surface area contributed by atoms with E-state index in [1.165, 1.54) is 5.56 Å². The molecular formula is C13H18N2O. The van der Waals surface area contributed by atoms with E-state index < -0.39 is 0 Å². The second kappa shape index (κ2) is 4.16. The van der Waals surface area contributed by atoms with E-state index in [4.69, 9.17) is 0 Å². The third kappa shape index (κ3) is 2.18. The van der Waals surface area contributed by atoms with Gasteiger partial charge in [-0.25, -0.2) is 4.79 Å². The second-order valence-corrected chi connectivity index (χ2v) is 4.86. The van der Waals surface area contributed by atoms with Gasteiger partial charge < -0.3 is 10.2 Å². The van der Waals surface area contributed by atoms with E-state index in [2.05, 4.69) is 31.3 Å². The van der Waals surface area contributed by atoms with Crippen molar-refractivity contribution in [3.05, 3.63) is 35.9 Å². The Morgan fingerprint density at radius 3 is 2.56 bits per heavy atom. The van der Waals surface area contributed by atoms with E-state index in [1.807, 2.05) is 23.1 Å². The summed E-state index contributed by atoms with van der Waals surface area (Å²) in [5, 5.41) is 2.88. The van der Waals surface area contributed by atoms with Gasteiger partial charge in [0.1, 0.15) is 0 Å². The van der Waals surface area contributed by atoms with E-state index >= 15 is 0 Å². The fourth-order valence-electron chi connectivity index (χ4n) is 2.05. The lowest BCUT2D eigenvalue weighted by Crippen LogP contribution is -2.43. The summed E-state index contributed by atoms with van der Waals surface area (Å²) in [7, 11) is 0. The lowest BCUT2D eigenvalue weighted by Gasteiger charge is -2.29. The summed E-state index contributed by atoms with van der Waals surface area (Å²) in [5.41, 5.74) is 1.21. The van der Waals surface area contributed by atoms with Gasteiger partial charge in [0.25, 0.3) is 0 Å². The van der Waals surface area contributed by atoms with Crippen molar-refractivity contribution in [2.45, 2.75) is 25.8 Å². The van der Waals surface area contributed by atoms with Crippen molar-refractivity contribution in [2.24, 2.45) is 0 Å². The Morgan fingerprint density at radius 2 is 2.00 bits per heavy atom. The van der Waals surface area contributed by atoms with Crippen molar-refractivity contribution in [2.75, 3.05) is 13.1 Å². The van der Waals surface area contributed by atoms with Gasteiger partial charge in [-0.2, -0.15) is 0 Å². The number of rotatable bonds is 3. The molecule has 1 aromatic carbocycles. The predicted molar refractivity (Wildman–Crippen MR) is 64.3 cm³/mol. The molecule has 1 aliphatic heterocycles. The Labute approximate surface area is 96.5 Å². The third-order valence-corrected chi connectivity index (χ3v) is 3.11. The number of carbonyl (C=O) groups is 1. The quantitative estimate of drug-likeness (QED) is 0.827. The van der Waals surface area contributed by atoms with Crippen LogP contribution < -0.4 is 5.32 Å². The van der Waals surface area contributed by atoms with Gasteiger partial charge in [0.05, 0.1) is 5.54 Å². The van der Waals surface area contributed by atoms with Crippen molar-refractivity contribution in [3.8, 4) is 0 Å². The fraction of sp³-hybridized carbons (Fsp3) is 0.462. The number of benzene rings is 1. The average molecular weight is 218 g/mol. The number of amides is 2. The normalized spacial score (nSPS) is 18.6. The standard InChI is InChI=1S/C13H18N2O/c1-13(2)10-14-12(16)15(13)9-8-11-6-4-3-5-7-11/h3-7H,8-10H2,1-2H3,(H,14,16). The summed E-state index contributed by atoms with van der Waals surface area (Å²) in [5.74, 6) is 0. The van der Waals surface area contributed by atoms with E-state index in [0.717, 1.165) is 19.5 Å². The number of urea groups is 1. The lowest BCUT2D eigenvalue weighted by atomic mass is 10.0. The van der Waals surface area contributed by atoms with Crippen LogP contribution in [0.25, 0.3) is 0 Å². The largest absolute Gasteiger partial charge is 0.336 e. The molecule has 0 aliphatic carbocycles. The summed E-state index contributed by atoms with van der Waals surface area (Å²) in [6.45, 7) is 5.70. The van der Waals surface area contributed by atoms with E-state index in [0.29, 0.717) is 0 Å². The second-order valence-electron chi connectivity index (χ2n) is 4.86. The molecule has 0 saturated carbocycles. The van der Waals surface area contributed by atoms with Crippen LogP contribution in [-0.4, -0.2) is 29.6 Å². The minimum absolute atomic E-state index is 0.0564. The van der Waals surface area contributed by atoms with Gasteiger partial charge >= 0.3 is 6.03 Å². The topological polar surface area (TPSA) is 32.3 Å². The molecule has 1 heterocycles. The average Bonchev–Trinajstić information content (AvgIpc) is 2.52. The highest BCUT2D eigenvalue weighted by Crippen LogP contribution is 2.19. The Kier molecular flexibility index (Phi) is 2.86. The molecule has 0 aromatic heterocycles. The highest BCUT2D eigenvalue weighted by atomic mass is 16.2. The molecule has 16 heavy (non-hydrogen) atoms. The Bertz CT molecular complexity index is 373. The summed E-state index contributed by atoms with van der Waals surface area (Å²) in [6.07, 6.45) is 0.914. The molecule has 0 spiro atoms. The van der Waals surface area contributed by atoms with Gasteiger partial charge in [-0.15, -0.1) is 0 Å². The maximum atomic E-state index is 11.6. The zero-order valence-electron chi connectivity index (χ0n) is 9.86. The predicted octanol–water partition coefficient (Wildman–Crippen LogP) is 2.03. The van der Waals surface area contributed by atoms with Gasteiger partial charge in [0.2, 0.25) is 0 Å². The lowest BCUT2D eigenvalue weighted by molar-refractivity contribution is 0.178. The van der Waals surface area contributed by atoms with Gasteiger partial charge in [-0.3, -0.25) is 0 Å². The molecule has 1 aliphatic rings. The number of nitrogens with one attached hydrogen (secondary N) is 1. The zero-order chi connectivity index (χ0) is 11.6. The Morgan fingerprint density at radius 1 is 1.31 bits per heavy atom. The van der Waals surface area contributed by atoms with Crippen molar-refractivity contribution < 1.29 is 4.79 Å². The molecule has 0 bridgehead atoms. The Hall–Kier alpha value is -1.51. The van der Waals surface area contributed by atoms with Crippen LogP contribution in [0, 0.1) is 0 Å². The van der Waals surface area contributed by atoms with Gasteiger partial charge in [0.15, 0.2) is 0 Å². The molecule has 0 radical (unpaired) electrons. The fourth-order valence-corrected chi connectivity index (χ4v) is 2.05. The molecule has 2 rings (SSSR count). The van der Waals surface area contributed by atoms with Gasteiger partial charge in [0, 0.05) is 13.1 Å². The summed E-state index contributed by atoms with van der Waals surface area (Å²) in [4.78, 5) is 13.5. The van der Waals surface area contributed by atoms with Crippen LogP contribution >= 0.6 is 0 Å². The van der Waals surface area contributed by atoms with E-state index in [-0.39, 0.29) is 11.6 Å². The molecule has 86 valence electrons. The first-order valence-electron chi connectivity index (χ1n) is 5.69. The van der Waals surface area contributed by atoms with Crippen LogP contribution in [0.2, 0.25) is 0 Å². The van der Waals surface area contributed by atoms with Crippen LogP contribution in [0.3, 0.4) is 0 Å². The molecule has 0 unspecified atom stereocenters. The summed E-state index contributed by atoms with van der Waals surface area (Å²) < 4.78 is 0. The molecule has 2 amide bonds. The van der Waals surface area contributed by atoms with E-state index in [1.54, 1.807) is 0 Å². The van der Waals surface area contributed by atoms with Crippen LogP contribution in [0.1, 0.15) is 19.4 Å². The highest BCUT2D eigenvalue weighted by Gasteiger charge is 2.36. The molecule has 0 atom stereocenters. The van der Waals surface area contributed by atoms with Crippen LogP contribution in [-0.2, 0) is 6.42 Å². The minimum Gasteiger partial charge on any atom is -0.336 e. The Balaban J connectivity index is 1.98.